The van der Waals surface area contributed by atoms with Gasteiger partial charge in [0.05, 0.1) is 4.47 Å². The quantitative estimate of drug-likeness (QED) is 0.516. The van der Waals surface area contributed by atoms with E-state index in [2.05, 4.69) is 58.6 Å². The third-order valence-corrected chi connectivity index (χ3v) is 4.92. The largest absolute Gasteiger partial charge is 0.483 e. The van der Waals surface area contributed by atoms with Crippen molar-refractivity contribution in [3.05, 3.63) is 54.9 Å². The average molecular weight is 565 g/mol. The van der Waals surface area contributed by atoms with E-state index in [1.165, 1.54) is 0 Å². The second-order valence-electron chi connectivity index (χ2n) is 5.62. The molecule has 0 atom stereocenters. The van der Waals surface area contributed by atoms with Crippen LogP contribution in [0.25, 0.3) is 0 Å². The molecule has 0 radical (unpaired) electrons. The van der Waals surface area contributed by atoms with Gasteiger partial charge in [0.25, 0.3) is 11.8 Å². The van der Waals surface area contributed by atoms with Crippen molar-refractivity contribution in [2.24, 2.45) is 0 Å². The number of aryl methyl sites for hydroxylation is 2. The van der Waals surface area contributed by atoms with Crippen molar-refractivity contribution < 1.29 is 19.1 Å². The highest BCUT2D eigenvalue weighted by molar-refractivity contribution is 9.11. The monoisotopic (exact) mass is 562 g/mol. The lowest BCUT2D eigenvalue weighted by Gasteiger charge is -2.13. The summed E-state index contributed by atoms with van der Waals surface area (Å²) in [7, 11) is 0. The smallest absolute Gasteiger partial charge is 0.276 e. The van der Waals surface area contributed by atoms with E-state index >= 15 is 0 Å². The number of rotatable bonds is 6. The molecule has 0 aromatic heterocycles. The molecular weight excluding hydrogens is 548 g/mol. The first-order valence-corrected chi connectivity index (χ1v) is 10.2. The maximum atomic E-state index is 11.9. The Morgan fingerprint density at radius 2 is 1.44 bits per heavy atom. The fourth-order valence-corrected chi connectivity index (χ4v) is 4.17. The number of carbonyl (C=O) groups excluding carboxylic acids is 2. The average Bonchev–Trinajstić information content (AvgIpc) is 2.58. The number of hydrazine groups is 1. The molecular formula is C18H17Br3N2O4. The number of halogens is 3. The van der Waals surface area contributed by atoms with Crippen LogP contribution in [0, 0.1) is 13.8 Å². The van der Waals surface area contributed by atoms with Crippen molar-refractivity contribution in [1.29, 1.82) is 0 Å². The van der Waals surface area contributed by atoms with E-state index in [0.29, 0.717) is 11.5 Å². The third-order valence-electron chi connectivity index (χ3n) is 3.38. The molecule has 0 spiro atoms. The molecule has 2 rings (SSSR count). The van der Waals surface area contributed by atoms with Gasteiger partial charge in [-0.15, -0.1) is 0 Å². The summed E-state index contributed by atoms with van der Waals surface area (Å²) >= 11 is 10.1. The summed E-state index contributed by atoms with van der Waals surface area (Å²) in [6.45, 7) is 3.28. The Morgan fingerprint density at radius 3 is 2.04 bits per heavy atom. The Labute approximate surface area is 182 Å². The highest BCUT2D eigenvalue weighted by Gasteiger charge is 2.11. The van der Waals surface area contributed by atoms with Crippen LogP contribution in [-0.2, 0) is 9.59 Å². The zero-order valence-electron chi connectivity index (χ0n) is 14.6. The van der Waals surface area contributed by atoms with Gasteiger partial charge in [-0.2, -0.15) is 0 Å². The summed E-state index contributed by atoms with van der Waals surface area (Å²) in [6.07, 6.45) is 0. The molecule has 6 nitrogen and oxygen atoms in total. The molecule has 144 valence electrons. The summed E-state index contributed by atoms with van der Waals surface area (Å²) in [6, 6.07) is 9.17. The first-order chi connectivity index (χ1) is 12.8. The zero-order valence-corrected chi connectivity index (χ0v) is 19.3. The number of ether oxygens (including phenoxy) is 2. The minimum absolute atomic E-state index is 0.221. The van der Waals surface area contributed by atoms with Crippen molar-refractivity contribution in [2.75, 3.05) is 13.2 Å². The van der Waals surface area contributed by atoms with Gasteiger partial charge in [-0.3, -0.25) is 20.4 Å². The minimum atomic E-state index is -0.489. The van der Waals surface area contributed by atoms with E-state index in [0.717, 1.165) is 24.5 Å². The Bertz CT molecular complexity index is 835. The Kier molecular flexibility index (Phi) is 8.12. The van der Waals surface area contributed by atoms with Crippen LogP contribution in [0.2, 0.25) is 0 Å². The molecule has 2 aromatic carbocycles. The second kappa shape index (κ2) is 10.1. The topological polar surface area (TPSA) is 76.7 Å². The maximum absolute atomic E-state index is 11.9. The number of hydrogen-bond acceptors (Lipinski definition) is 4. The van der Waals surface area contributed by atoms with E-state index < -0.39 is 11.8 Å². The maximum Gasteiger partial charge on any atom is 0.276 e. The number of hydrogen-bond donors (Lipinski definition) is 2. The number of benzene rings is 2. The van der Waals surface area contributed by atoms with Gasteiger partial charge in [-0.05, 0) is 71.2 Å². The van der Waals surface area contributed by atoms with Crippen LogP contribution < -0.4 is 20.3 Å². The normalized spacial score (nSPS) is 10.3. The predicted octanol–water partition coefficient (Wildman–Crippen LogP) is 4.20. The van der Waals surface area contributed by atoms with Crippen LogP contribution in [0.3, 0.4) is 0 Å². The van der Waals surface area contributed by atoms with Crippen LogP contribution in [0.1, 0.15) is 11.1 Å². The zero-order chi connectivity index (χ0) is 20.0. The van der Waals surface area contributed by atoms with Gasteiger partial charge < -0.3 is 9.47 Å². The molecule has 27 heavy (non-hydrogen) atoms. The van der Waals surface area contributed by atoms with Crippen LogP contribution in [-0.4, -0.2) is 25.0 Å². The molecule has 2 aromatic rings. The molecule has 0 heterocycles. The van der Waals surface area contributed by atoms with Gasteiger partial charge in [0.15, 0.2) is 13.2 Å². The Morgan fingerprint density at radius 1 is 0.852 bits per heavy atom. The Balaban J connectivity index is 1.76. The van der Waals surface area contributed by atoms with Gasteiger partial charge in [-0.25, -0.2) is 0 Å². The summed E-state index contributed by atoms with van der Waals surface area (Å²) in [4.78, 5) is 23.7. The first kappa shape index (κ1) is 21.7. The second-order valence-corrected chi connectivity index (χ2v) is 8.30. The molecule has 0 aliphatic heterocycles. The lowest BCUT2D eigenvalue weighted by atomic mass is 10.2. The van der Waals surface area contributed by atoms with Crippen molar-refractivity contribution in [3.8, 4) is 11.5 Å². The summed E-state index contributed by atoms with van der Waals surface area (Å²) in [5, 5.41) is 0. The Hall–Kier alpha value is -1.58. The SMILES string of the molecule is Cc1cc(Br)ccc1OCC(=O)NNC(=O)COc1c(C)cc(Br)cc1Br. The van der Waals surface area contributed by atoms with Gasteiger partial charge >= 0.3 is 0 Å². The molecule has 0 saturated heterocycles. The van der Waals surface area contributed by atoms with E-state index in [1.54, 1.807) is 6.07 Å². The van der Waals surface area contributed by atoms with Gasteiger partial charge in [-0.1, -0.05) is 31.9 Å². The highest BCUT2D eigenvalue weighted by atomic mass is 79.9. The minimum Gasteiger partial charge on any atom is -0.483 e. The van der Waals surface area contributed by atoms with Crippen LogP contribution in [0.5, 0.6) is 11.5 Å². The molecule has 2 N–H and O–H groups in total. The fourth-order valence-electron chi connectivity index (χ4n) is 2.14. The van der Waals surface area contributed by atoms with Crippen molar-refractivity contribution in [1.82, 2.24) is 10.9 Å². The van der Waals surface area contributed by atoms with Gasteiger partial charge in [0.1, 0.15) is 11.5 Å². The lowest BCUT2D eigenvalue weighted by Crippen LogP contribution is -2.45. The molecule has 9 heteroatoms. The first-order valence-electron chi connectivity index (χ1n) is 7.81. The molecule has 0 saturated carbocycles. The van der Waals surface area contributed by atoms with Crippen LogP contribution >= 0.6 is 47.8 Å². The molecule has 2 amide bonds. The number of nitrogens with one attached hydrogen (secondary N) is 2. The van der Waals surface area contributed by atoms with E-state index in [1.807, 2.05) is 38.1 Å². The highest BCUT2D eigenvalue weighted by Crippen LogP contribution is 2.32. The molecule has 0 bridgehead atoms. The van der Waals surface area contributed by atoms with Crippen molar-refractivity contribution >= 4 is 59.6 Å². The molecule has 0 aliphatic rings. The van der Waals surface area contributed by atoms with E-state index in [9.17, 15) is 9.59 Å². The van der Waals surface area contributed by atoms with Crippen molar-refractivity contribution in [3.63, 3.8) is 0 Å². The molecule has 0 aliphatic carbocycles. The number of amides is 2. The number of carbonyl (C=O) groups is 2. The lowest BCUT2D eigenvalue weighted by molar-refractivity contribution is -0.131. The van der Waals surface area contributed by atoms with Gasteiger partial charge in [0, 0.05) is 8.95 Å². The molecule has 0 unspecified atom stereocenters. The third kappa shape index (κ3) is 6.82. The van der Waals surface area contributed by atoms with Crippen LogP contribution in [0.4, 0.5) is 0 Å². The van der Waals surface area contributed by atoms with Gasteiger partial charge in [0.2, 0.25) is 0 Å². The van der Waals surface area contributed by atoms with Crippen LogP contribution in [0.15, 0.2) is 43.7 Å². The summed E-state index contributed by atoms with van der Waals surface area (Å²) in [5.41, 5.74) is 6.33. The summed E-state index contributed by atoms with van der Waals surface area (Å²) in [5.74, 6) is 0.191. The standard InChI is InChI=1S/C18H17Br3N2O4/c1-10-5-12(19)3-4-15(10)26-8-16(24)22-23-17(25)9-27-18-11(2)6-13(20)7-14(18)21/h3-7H,8-9H2,1-2H3,(H,22,24)(H,23,25). The van der Waals surface area contributed by atoms with Crippen molar-refractivity contribution in [2.45, 2.75) is 13.8 Å². The van der Waals surface area contributed by atoms with E-state index in [-0.39, 0.29) is 13.2 Å². The molecule has 0 fully saturated rings. The van der Waals surface area contributed by atoms with E-state index in [4.69, 9.17) is 9.47 Å². The summed E-state index contributed by atoms with van der Waals surface area (Å²) < 4.78 is 13.5. The predicted molar refractivity (Wildman–Crippen MR) is 113 cm³/mol. The fraction of sp³-hybridized carbons (Fsp3) is 0.222.